The van der Waals surface area contributed by atoms with Crippen LogP contribution in [0.3, 0.4) is 0 Å². The summed E-state index contributed by atoms with van der Waals surface area (Å²) in [5.74, 6) is 0.748. The highest BCUT2D eigenvalue weighted by atomic mass is 15.0. The monoisotopic (exact) mass is 127 g/mol. The van der Waals surface area contributed by atoms with Crippen LogP contribution in [0.4, 0.5) is 0 Å². The van der Waals surface area contributed by atoms with Crippen molar-refractivity contribution >= 4 is 0 Å². The van der Waals surface area contributed by atoms with Gasteiger partial charge in [0.1, 0.15) is 0 Å². The standard InChI is InChI=1S/C8H17N/c1-5-6-8(2)7-9(3)4/h5,8H,1,6-7H2,2-4H3/t8-/m0/s1. The predicted octanol–water partition coefficient (Wildman–Crippen LogP) is 1.76. The molecule has 0 N–H and O–H groups in total. The molecule has 9 heavy (non-hydrogen) atoms. The van der Waals surface area contributed by atoms with Gasteiger partial charge < -0.3 is 4.90 Å². The van der Waals surface area contributed by atoms with Crippen LogP contribution < -0.4 is 0 Å². The molecule has 0 radical (unpaired) electrons. The van der Waals surface area contributed by atoms with E-state index in [1.165, 1.54) is 0 Å². The van der Waals surface area contributed by atoms with E-state index in [-0.39, 0.29) is 0 Å². The van der Waals surface area contributed by atoms with E-state index in [4.69, 9.17) is 0 Å². The zero-order valence-electron chi connectivity index (χ0n) is 6.72. The maximum atomic E-state index is 3.69. The molecule has 0 saturated heterocycles. The molecule has 0 spiro atoms. The number of nitrogens with zero attached hydrogens (tertiary/aromatic N) is 1. The minimum Gasteiger partial charge on any atom is -0.309 e. The van der Waals surface area contributed by atoms with Gasteiger partial charge in [-0.2, -0.15) is 0 Å². The fourth-order valence-corrected chi connectivity index (χ4v) is 0.982. The number of hydrogen-bond donors (Lipinski definition) is 0. The van der Waals surface area contributed by atoms with Crippen LogP contribution in [-0.2, 0) is 0 Å². The zero-order valence-corrected chi connectivity index (χ0v) is 6.72. The summed E-state index contributed by atoms with van der Waals surface area (Å²) in [5, 5.41) is 0. The summed E-state index contributed by atoms with van der Waals surface area (Å²) in [4.78, 5) is 2.20. The molecule has 0 unspecified atom stereocenters. The van der Waals surface area contributed by atoms with Crippen LogP contribution in [0.15, 0.2) is 12.7 Å². The van der Waals surface area contributed by atoms with Gasteiger partial charge in [-0.05, 0) is 26.4 Å². The van der Waals surface area contributed by atoms with Gasteiger partial charge in [0, 0.05) is 6.54 Å². The molecule has 0 aliphatic heterocycles. The molecule has 0 heterocycles. The molecule has 0 amide bonds. The lowest BCUT2D eigenvalue weighted by Crippen LogP contribution is -2.19. The van der Waals surface area contributed by atoms with Gasteiger partial charge in [0.05, 0.1) is 0 Å². The Morgan fingerprint density at radius 3 is 2.44 bits per heavy atom. The van der Waals surface area contributed by atoms with Gasteiger partial charge in [0.15, 0.2) is 0 Å². The van der Waals surface area contributed by atoms with Crippen LogP contribution in [-0.4, -0.2) is 25.5 Å². The molecule has 1 atom stereocenters. The molecule has 1 nitrogen and oxygen atoms in total. The second kappa shape index (κ2) is 4.57. The molecule has 0 bridgehead atoms. The Kier molecular flexibility index (Phi) is 4.41. The van der Waals surface area contributed by atoms with Gasteiger partial charge in [0.2, 0.25) is 0 Å². The first-order chi connectivity index (χ1) is 4.16. The normalized spacial score (nSPS) is 13.8. The van der Waals surface area contributed by atoms with Crippen molar-refractivity contribution in [1.29, 1.82) is 0 Å². The van der Waals surface area contributed by atoms with Crippen molar-refractivity contribution in [3.63, 3.8) is 0 Å². The van der Waals surface area contributed by atoms with Gasteiger partial charge >= 0.3 is 0 Å². The average Bonchev–Trinajstić information content (AvgIpc) is 1.63. The van der Waals surface area contributed by atoms with Gasteiger partial charge in [-0.15, -0.1) is 6.58 Å². The Bertz CT molecular complexity index is 76.6. The van der Waals surface area contributed by atoms with Crippen LogP contribution in [0.2, 0.25) is 0 Å². The third-order valence-corrected chi connectivity index (χ3v) is 1.25. The predicted molar refractivity (Wildman–Crippen MR) is 42.5 cm³/mol. The SMILES string of the molecule is C=CC[C@H](C)CN(C)C. The van der Waals surface area contributed by atoms with E-state index in [1.54, 1.807) is 0 Å². The van der Waals surface area contributed by atoms with Crippen molar-refractivity contribution in [2.75, 3.05) is 20.6 Å². The lowest BCUT2D eigenvalue weighted by atomic mass is 10.1. The first kappa shape index (κ1) is 8.70. The maximum absolute atomic E-state index is 3.69. The minimum atomic E-state index is 0.748. The summed E-state index contributed by atoms with van der Waals surface area (Å²) >= 11 is 0. The number of hydrogen-bond acceptors (Lipinski definition) is 1. The van der Waals surface area contributed by atoms with Crippen molar-refractivity contribution < 1.29 is 0 Å². The largest absolute Gasteiger partial charge is 0.309 e. The summed E-state index contributed by atoms with van der Waals surface area (Å²) < 4.78 is 0. The Morgan fingerprint density at radius 2 is 2.11 bits per heavy atom. The molecule has 0 aromatic heterocycles. The van der Waals surface area contributed by atoms with E-state index in [9.17, 15) is 0 Å². The van der Waals surface area contributed by atoms with Crippen LogP contribution in [0.1, 0.15) is 13.3 Å². The Labute approximate surface area is 58.4 Å². The average molecular weight is 127 g/mol. The highest BCUT2D eigenvalue weighted by Crippen LogP contribution is 2.01. The maximum Gasteiger partial charge on any atom is 0.000388 e. The van der Waals surface area contributed by atoms with Crippen LogP contribution in [0, 0.1) is 5.92 Å². The topological polar surface area (TPSA) is 3.24 Å². The summed E-state index contributed by atoms with van der Waals surface area (Å²) in [5.41, 5.74) is 0. The van der Waals surface area contributed by atoms with Gasteiger partial charge in [0.25, 0.3) is 0 Å². The number of allylic oxidation sites excluding steroid dienone is 1. The molecule has 1 heteroatoms. The van der Waals surface area contributed by atoms with E-state index in [2.05, 4.69) is 32.5 Å². The lowest BCUT2D eigenvalue weighted by molar-refractivity contribution is 0.341. The van der Waals surface area contributed by atoms with Crippen molar-refractivity contribution in [2.45, 2.75) is 13.3 Å². The van der Waals surface area contributed by atoms with Gasteiger partial charge in [-0.25, -0.2) is 0 Å². The van der Waals surface area contributed by atoms with E-state index in [0.717, 1.165) is 18.9 Å². The molecule has 0 aliphatic rings. The zero-order chi connectivity index (χ0) is 7.28. The fraction of sp³-hybridized carbons (Fsp3) is 0.750. The molecular formula is C8H17N. The molecule has 0 aromatic rings. The summed E-state index contributed by atoms with van der Waals surface area (Å²) in [7, 11) is 4.19. The summed E-state index contributed by atoms with van der Waals surface area (Å²) in [6.45, 7) is 7.09. The van der Waals surface area contributed by atoms with Crippen LogP contribution >= 0.6 is 0 Å². The Hall–Kier alpha value is -0.300. The third-order valence-electron chi connectivity index (χ3n) is 1.25. The highest BCUT2D eigenvalue weighted by molar-refractivity contribution is 4.71. The molecular weight excluding hydrogens is 110 g/mol. The molecule has 0 aromatic carbocycles. The fourth-order valence-electron chi connectivity index (χ4n) is 0.982. The highest BCUT2D eigenvalue weighted by Gasteiger charge is 1.98. The molecule has 0 saturated carbocycles. The van der Waals surface area contributed by atoms with Crippen molar-refractivity contribution in [1.82, 2.24) is 4.90 Å². The summed E-state index contributed by atoms with van der Waals surface area (Å²) in [6, 6.07) is 0. The molecule has 0 fully saturated rings. The Morgan fingerprint density at radius 1 is 1.56 bits per heavy atom. The second-order valence-electron chi connectivity index (χ2n) is 2.89. The first-order valence-electron chi connectivity index (χ1n) is 3.42. The smallest absolute Gasteiger partial charge is 0.000388 e. The van der Waals surface area contributed by atoms with Crippen molar-refractivity contribution in [3.05, 3.63) is 12.7 Å². The van der Waals surface area contributed by atoms with Crippen LogP contribution in [0.25, 0.3) is 0 Å². The van der Waals surface area contributed by atoms with Gasteiger partial charge in [-0.3, -0.25) is 0 Å². The first-order valence-corrected chi connectivity index (χ1v) is 3.42. The van der Waals surface area contributed by atoms with E-state index >= 15 is 0 Å². The van der Waals surface area contributed by atoms with Crippen molar-refractivity contribution in [3.8, 4) is 0 Å². The molecule has 54 valence electrons. The second-order valence-corrected chi connectivity index (χ2v) is 2.89. The quantitative estimate of drug-likeness (QED) is 0.520. The lowest BCUT2D eigenvalue weighted by Gasteiger charge is -2.14. The summed E-state index contributed by atoms with van der Waals surface area (Å²) in [6.07, 6.45) is 3.10. The molecule has 0 aliphatic carbocycles. The van der Waals surface area contributed by atoms with Crippen LogP contribution in [0.5, 0.6) is 0 Å². The Balaban J connectivity index is 3.25. The number of rotatable bonds is 4. The van der Waals surface area contributed by atoms with Gasteiger partial charge in [-0.1, -0.05) is 13.0 Å². The molecule has 0 rings (SSSR count). The van der Waals surface area contributed by atoms with Crippen molar-refractivity contribution in [2.24, 2.45) is 5.92 Å². The van der Waals surface area contributed by atoms with E-state index in [0.29, 0.717) is 0 Å². The van der Waals surface area contributed by atoms with E-state index in [1.807, 2.05) is 6.08 Å². The minimum absolute atomic E-state index is 0.748. The van der Waals surface area contributed by atoms with E-state index < -0.39 is 0 Å². The third kappa shape index (κ3) is 5.57.